The summed E-state index contributed by atoms with van der Waals surface area (Å²) in [6, 6.07) is 4.20. The number of unbranched alkanes of at least 4 members (excludes halogenated alkanes) is 2. The highest BCUT2D eigenvalue weighted by molar-refractivity contribution is 7.98. The second kappa shape index (κ2) is 15.6. The maximum absolute atomic E-state index is 11.1. The molecule has 1 aromatic carbocycles. The predicted octanol–water partition coefficient (Wildman–Crippen LogP) is 3.78. The molecule has 30 heavy (non-hydrogen) atoms. The van der Waals surface area contributed by atoms with E-state index in [1.807, 2.05) is 13.2 Å². The zero-order valence-electron chi connectivity index (χ0n) is 18.1. The van der Waals surface area contributed by atoms with Gasteiger partial charge in [0.1, 0.15) is 5.75 Å². The van der Waals surface area contributed by atoms with Crippen molar-refractivity contribution in [3.05, 3.63) is 48.6 Å². The molecule has 0 atom stereocenters. The van der Waals surface area contributed by atoms with Crippen molar-refractivity contribution in [2.24, 2.45) is 0 Å². The number of thioether (sulfide) groups is 1. The minimum atomic E-state index is -0.148. The third-order valence-electron chi connectivity index (χ3n) is 4.45. The lowest BCUT2D eigenvalue weighted by Crippen LogP contribution is -2.22. The number of benzene rings is 1. The van der Waals surface area contributed by atoms with Crippen molar-refractivity contribution in [3.8, 4) is 5.75 Å². The number of hydrogen-bond donors (Lipinski definition) is 2. The van der Waals surface area contributed by atoms with Gasteiger partial charge in [-0.25, -0.2) is 0 Å². The van der Waals surface area contributed by atoms with Crippen LogP contribution in [0.25, 0.3) is 0 Å². The van der Waals surface area contributed by atoms with Crippen LogP contribution in [0.2, 0.25) is 0 Å². The van der Waals surface area contributed by atoms with Crippen LogP contribution in [0.1, 0.15) is 36.8 Å². The Morgan fingerprint density at radius 1 is 1.00 bits per heavy atom. The first-order valence-corrected chi connectivity index (χ1v) is 11.4. The van der Waals surface area contributed by atoms with Crippen molar-refractivity contribution in [1.82, 2.24) is 10.6 Å². The molecule has 0 bridgehead atoms. The fraction of sp³-hybridized carbons (Fsp3) is 0.478. The van der Waals surface area contributed by atoms with Gasteiger partial charge < -0.3 is 20.1 Å². The van der Waals surface area contributed by atoms with Crippen LogP contribution in [0.4, 0.5) is 0 Å². The summed E-state index contributed by atoms with van der Waals surface area (Å²) in [6.07, 6.45) is 8.05. The SMILES string of the molecule is C=CC(=O)NCCCCOCc1cc(SC)cc(OCCCCNC(=O)C=C)c1C. The smallest absolute Gasteiger partial charge is 0.243 e. The number of ether oxygens (including phenoxy) is 2. The zero-order chi connectivity index (χ0) is 22.2. The van der Waals surface area contributed by atoms with E-state index < -0.39 is 0 Å². The highest BCUT2D eigenvalue weighted by Gasteiger charge is 2.09. The van der Waals surface area contributed by atoms with Gasteiger partial charge in [-0.1, -0.05) is 13.2 Å². The molecule has 0 aliphatic rings. The quantitative estimate of drug-likeness (QED) is 0.235. The molecule has 6 nitrogen and oxygen atoms in total. The molecule has 0 fully saturated rings. The van der Waals surface area contributed by atoms with Gasteiger partial charge in [-0.15, -0.1) is 11.8 Å². The number of hydrogen-bond acceptors (Lipinski definition) is 5. The number of rotatable bonds is 16. The normalized spacial score (nSPS) is 10.3. The van der Waals surface area contributed by atoms with Gasteiger partial charge in [0.2, 0.25) is 11.8 Å². The van der Waals surface area contributed by atoms with E-state index in [2.05, 4.69) is 35.9 Å². The van der Waals surface area contributed by atoms with Crippen molar-refractivity contribution >= 4 is 23.6 Å². The molecule has 0 unspecified atom stereocenters. The van der Waals surface area contributed by atoms with Gasteiger partial charge in [-0.3, -0.25) is 9.59 Å². The van der Waals surface area contributed by atoms with Crippen molar-refractivity contribution in [2.75, 3.05) is 32.6 Å². The van der Waals surface area contributed by atoms with Crippen LogP contribution in [0, 0.1) is 6.92 Å². The van der Waals surface area contributed by atoms with Gasteiger partial charge in [0.25, 0.3) is 0 Å². The van der Waals surface area contributed by atoms with Gasteiger partial charge in [-0.2, -0.15) is 0 Å². The number of amides is 2. The molecule has 0 radical (unpaired) electrons. The van der Waals surface area contributed by atoms with Crippen molar-refractivity contribution in [1.29, 1.82) is 0 Å². The van der Waals surface area contributed by atoms with Crippen molar-refractivity contribution < 1.29 is 19.1 Å². The molecule has 2 N–H and O–H groups in total. The first-order valence-electron chi connectivity index (χ1n) is 10.2. The third kappa shape index (κ3) is 10.5. The highest BCUT2D eigenvalue weighted by Crippen LogP contribution is 2.29. The molecule has 0 aromatic heterocycles. The van der Waals surface area contributed by atoms with Gasteiger partial charge in [0, 0.05) is 24.6 Å². The fourth-order valence-corrected chi connectivity index (χ4v) is 3.11. The third-order valence-corrected chi connectivity index (χ3v) is 5.15. The molecule has 0 spiro atoms. The summed E-state index contributed by atoms with van der Waals surface area (Å²) >= 11 is 1.67. The van der Waals surface area contributed by atoms with E-state index >= 15 is 0 Å². The van der Waals surface area contributed by atoms with E-state index in [9.17, 15) is 9.59 Å². The molecule has 166 valence electrons. The summed E-state index contributed by atoms with van der Waals surface area (Å²) in [5.74, 6) is 0.586. The standard InChI is InChI=1S/C23H34N2O4S/c1-5-22(26)24-11-7-9-13-28-17-19-15-20(30-4)16-21(18(19)3)29-14-10-8-12-25-23(27)6-2/h5-6,15-16H,1-2,7-14,17H2,3-4H3,(H,24,26)(H,25,27). The Hall–Kier alpha value is -2.25. The van der Waals surface area contributed by atoms with Gasteiger partial charge in [0.15, 0.2) is 0 Å². The molecule has 0 aliphatic carbocycles. The van der Waals surface area contributed by atoms with Crippen LogP contribution in [0.5, 0.6) is 5.75 Å². The van der Waals surface area contributed by atoms with Crippen LogP contribution >= 0.6 is 11.8 Å². The Bertz CT molecular complexity index is 707. The van der Waals surface area contributed by atoms with Crippen LogP contribution < -0.4 is 15.4 Å². The average Bonchev–Trinajstić information content (AvgIpc) is 2.76. The second-order valence-electron chi connectivity index (χ2n) is 6.72. The zero-order valence-corrected chi connectivity index (χ0v) is 18.9. The number of nitrogens with one attached hydrogen (secondary N) is 2. The van der Waals surface area contributed by atoms with Crippen LogP contribution in [-0.2, 0) is 20.9 Å². The van der Waals surface area contributed by atoms with Gasteiger partial charge >= 0.3 is 0 Å². The van der Waals surface area contributed by atoms with Crippen LogP contribution in [0.3, 0.4) is 0 Å². The topological polar surface area (TPSA) is 76.7 Å². The maximum Gasteiger partial charge on any atom is 0.243 e. The first-order chi connectivity index (χ1) is 14.5. The lowest BCUT2D eigenvalue weighted by Gasteiger charge is -2.15. The maximum atomic E-state index is 11.1. The minimum Gasteiger partial charge on any atom is -0.493 e. The van der Waals surface area contributed by atoms with E-state index in [-0.39, 0.29) is 11.8 Å². The van der Waals surface area contributed by atoms with Gasteiger partial charge in [0.05, 0.1) is 13.2 Å². The van der Waals surface area contributed by atoms with Crippen LogP contribution in [-0.4, -0.2) is 44.4 Å². The average molecular weight is 435 g/mol. The summed E-state index contributed by atoms with van der Waals surface area (Å²) in [7, 11) is 0. The summed E-state index contributed by atoms with van der Waals surface area (Å²) < 4.78 is 11.8. The molecule has 1 aromatic rings. The minimum absolute atomic E-state index is 0.144. The number of carbonyl (C=O) groups excluding carboxylic acids is 2. The Labute approximate surface area is 184 Å². The Kier molecular flexibility index (Phi) is 13.4. The second-order valence-corrected chi connectivity index (χ2v) is 7.59. The van der Waals surface area contributed by atoms with E-state index in [4.69, 9.17) is 9.47 Å². The number of carbonyl (C=O) groups is 2. The molecule has 2 amide bonds. The summed E-state index contributed by atoms with van der Waals surface area (Å²) in [5.41, 5.74) is 2.21. The van der Waals surface area contributed by atoms with E-state index in [0.717, 1.165) is 47.5 Å². The lowest BCUT2D eigenvalue weighted by atomic mass is 10.1. The fourth-order valence-electron chi connectivity index (χ4n) is 2.62. The molecular formula is C23H34N2O4S. The highest BCUT2D eigenvalue weighted by atomic mass is 32.2. The molecule has 1 rings (SSSR count). The Morgan fingerprint density at radius 2 is 1.60 bits per heavy atom. The van der Waals surface area contributed by atoms with Crippen molar-refractivity contribution in [3.63, 3.8) is 0 Å². The summed E-state index contributed by atoms with van der Waals surface area (Å²) in [4.78, 5) is 23.3. The Balaban J connectivity index is 2.41. The predicted molar refractivity (Wildman–Crippen MR) is 123 cm³/mol. The van der Waals surface area contributed by atoms with E-state index in [0.29, 0.717) is 32.9 Å². The van der Waals surface area contributed by atoms with Crippen molar-refractivity contribution in [2.45, 2.75) is 44.1 Å². The van der Waals surface area contributed by atoms with Crippen LogP contribution in [0.15, 0.2) is 42.3 Å². The first kappa shape index (κ1) is 25.8. The van der Waals surface area contributed by atoms with E-state index in [1.54, 1.807) is 11.8 Å². The van der Waals surface area contributed by atoms with E-state index in [1.165, 1.54) is 12.2 Å². The molecular weight excluding hydrogens is 400 g/mol. The largest absolute Gasteiger partial charge is 0.493 e. The lowest BCUT2D eigenvalue weighted by molar-refractivity contribution is -0.117. The summed E-state index contributed by atoms with van der Waals surface area (Å²) in [6.45, 7) is 11.9. The monoisotopic (exact) mass is 434 g/mol. The molecule has 0 saturated carbocycles. The van der Waals surface area contributed by atoms with Gasteiger partial charge in [-0.05, 0) is 74.3 Å². The molecule has 7 heteroatoms. The Morgan fingerprint density at radius 3 is 2.17 bits per heavy atom. The summed E-state index contributed by atoms with van der Waals surface area (Å²) in [5, 5.41) is 5.52. The molecule has 0 saturated heterocycles. The molecule has 0 aliphatic heterocycles. The molecule has 0 heterocycles.